The molecule has 0 aliphatic rings. The first kappa shape index (κ1) is 13.5. The second-order valence-electron chi connectivity index (χ2n) is 1.47. The maximum atomic E-state index is 3.00. The van der Waals surface area contributed by atoms with E-state index in [-0.39, 0.29) is 84.1 Å². The van der Waals surface area contributed by atoms with Gasteiger partial charge in [0.15, 0.2) is 0 Å². The zero-order valence-electron chi connectivity index (χ0n) is 5.81. The van der Waals surface area contributed by atoms with Crippen LogP contribution < -0.4 is 51.4 Å². The van der Waals surface area contributed by atoms with Crippen molar-refractivity contribution in [3.05, 3.63) is 35.9 Å². The van der Waals surface area contributed by atoms with Crippen LogP contribution in [0.15, 0.2) is 18.2 Å². The van der Waals surface area contributed by atoms with E-state index in [9.17, 15) is 0 Å². The van der Waals surface area contributed by atoms with Crippen LogP contribution >= 0.6 is 0 Å². The van der Waals surface area contributed by atoms with Crippen LogP contribution in [0.4, 0.5) is 0 Å². The Kier molecular flexibility index (Phi) is 12.1. The summed E-state index contributed by atoms with van der Waals surface area (Å²) in [7, 11) is 0. The van der Waals surface area contributed by atoms with Gasteiger partial charge in [0.05, 0.1) is 0 Å². The fourth-order valence-electron chi connectivity index (χ4n) is 0.436. The van der Waals surface area contributed by atoms with Crippen LogP contribution in [0, 0.1) is 19.1 Å². The third-order valence-electron chi connectivity index (χ3n) is 0.790. The normalized spacial score (nSPS) is 6.78. The third-order valence-corrected chi connectivity index (χ3v) is 0.790. The molecule has 0 nitrogen and oxygen atoms in total. The maximum absolute atomic E-state index is 3.00. The fourth-order valence-corrected chi connectivity index (χ4v) is 0.436. The van der Waals surface area contributed by atoms with Crippen molar-refractivity contribution in [2.75, 3.05) is 0 Å². The number of hydrogen-bond donors (Lipinski definition) is 0. The van der Waals surface area contributed by atoms with Crippen molar-refractivity contribution < 1.29 is 84.1 Å². The van der Waals surface area contributed by atoms with Gasteiger partial charge in [-0.05, 0) is 0 Å². The van der Waals surface area contributed by atoms with Crippen LogP contribution in [0.3, 0.4) is 0 Å². The molecule has 9 heavy (non-hydrogen) atoms. The minimum absolute atomic E-state index is 0. The van der Waals surface area contributed by atoms with E-state index in [1.54, 1.807) is 0 Å². The average molecular weight is 218 g/mol. The molecule has 0 atom stereocenters. The van der Waals surface area contributed by atoms with Crippen molar-refractivity contribution in [1.29, 1.82) is 0 Å². The van der Waals surface area contributed by atoms with Crippen LogP contribution in [0.5, 0.6) is 0 Å². The van der Waals surface area contributed by atoms with Gasteiger partial charge < -0.3 is 12.1 Å². The van der Waals surface area contributed by atoms with E-state index in [2.05, 4.69) is 12.1 Å². The summed E-state index contributed by atoms with van der Waals surface area (Å²) in [4.78, 5) is 0. The Hall–Kier alpha value is 1.96. The van der Waals surface area contributed by atoms with Crippen LogP contribution in [-0.4, -0.2) is 0 Å². The van der Waals surface area contributed by atoms with E-state index in [0.29, 0.717) is 0 Å². The van der Waals surface area contributed by atoms with Crippen LogP contribution in [0.1, 0.15) is 5.56 Å². The summed E-state index contributed by atoms with van der Waals surface area (Å²) in [6.07, 6.45) is 0. The Labute approximate surface area is 124 Å². The molecule has 0 bridgehead atoms. The molecule has 0 heterocycles. The van der Waals surface area contributed by atoms with Gasteiger partial charge in [0.25, 0.3) is 0 Å². The van der Waals surface area contributed by atoms with Crippen molar-refractivity contribution in [3.8, 4) is 0 Å². The molecule has 1 rings (SSSR count). The molecule has 0 aromatic heterocycles. The van der Waals surface area contributed by atoms with Crippen molar-refractivity contribution in [2.45, 2.75) is 6.92 Å². The van der Waals surface area contributed by atoms with Gasteiger partial charge in [0.1, 0.15) is 0 Å². The van der Waals surface area contributed by atoms with Crippen molar-refractivity contribution >= 4 is 0 Å². The summed E-state index contributed by atoms with van der Waals surface area (Å²) < 4.78 is 0. The quantitative estimate of drug-likeness (QED) is 0.371. The van der Waals surface area contributed by atoms with Gasteiger partial charge in [-0.15, -0.1) is 6.92 Å². The van der Waals surface area contributed by atoms with Gasteiger partial charge >= 0.3 is 51.4 Å². The van der Waals surface area contributed by atoms with Crippen LogP contribution in [-0.2, 0) is 32.7 Å². The van der Waals surface area contributed by atoms with E-state index in [1.165, 1.54) is 0 Å². The molecule has 0 saturated carbocycles. The molecule has 0 unspecified atom stereocenters. The average Bonchev–Trinajstić information content (AvgIpc) is 1.69. The third kappa shape index (κ3) is 6.36. The molecule has 0 N–H and O–H groups in total. The molecular formula is C7H6KY-. The minimum atomic E-state index is 0. The Morgan fingerprint density at radius 2 is 2.00 bits per heavy atom. The predicted molar refractivity (Wildman–Crippen MR) is 28.9 cm³/mol. The molecule has 0 amide bonds. The molecule has 0 fully saturated rings. The van der Waals surface area contributed by atoms with E-state index in [0.717, 1.165) is 5.56 Å². The second kappa shape index (κ2) is 8.06. The molecular weight excluding hydrogens is 212 g/mol. The van der Waals surface area contributed by atoms with Gasteiger partial charge in [-0.25, -0.2) is 0 Å². The molecule has 1 aromatic rings. The maximum Gasteiger partial charge on any atom is 1.00 e. The van der Waals surface area contributed by atoms with Gasteiger partial charge in [0, 0.05) is 32.7 Å². The Morgan fingerprint density at radius 3 is 2.22 bits per heavy atom. The summed E-state index contributed by atoms with van der Waals surface area (Å²) in [5.74, 6) is 0. The van der Waals surface area contributed by atoms with Gasteiger partial charge in [0.2, 0.25) is 0 Å². The fraction of sp³-hybridized carbons (Fsp3) is 0.143. The van der Waals surface area contributed by atoms with Crippen LogP contribution in [0.25, 0.3) is 0 Å². The molecule has 0 saturated heterocycles. The van der Waals surface area contributed by atoms with E-state index >= 15 is 0 Å². The van der Waals surface area contributed by atoms with E-state index in [4.69, 9.17) is 0 Å². The monoisotopic (exact) mass is 218 g/mol. The number of aryl methyl sites for hydroxylation is 1. The minimum Gasteiger partial charge on any atom is -0.319 e. The molecule has 0 aliphatic heterocycles. The topological polar surface area (TPSA) is 0 Å². The standard InChI is InChI=1S/C7H6.K.Y/c1-7-5-3-2-4-6-7;;/h2-3,6H,1H3;;/q-2;+1;. The first-order chi connectivity index (χ1) is 3.39. The second-order valence-corrected chi connectivity index (χ2v) is 1.47. The molecule has 0 spiro atoms. The zero-order chi connectivity index (χ0) is 5.11. The largest absolute Gasteiger partial charge is 1.00 e. The van der Waals surface area contributed by atoms with Crippen molar-refractivity contribution in [3.63, 3.8) is 0 Å². The summed E-state index contributed by atoms with van der Waals surface area (Å²) in [6, 6.07) is 11.5. The number of benzene rings is 1. The van der Waals surface area contributed by atoms with Gasteiger partial charge in [-0.3, -0.25) is 23.8 Å². The first-order valence-corrected chi connectivity index (χ1v) is 2.24. The Bertz CT molecular complexity index is 139. The summed E-state index contributed by atoms with van der Waals surface area (Å²) >= 11 is 0. The Balaban J connectivity index is 0. The zero-order valence-corrected chi connectivity index (χ0v) is 11.8. The summed E-state index contributed by atoms with van der Waals surface area (Å²) in [5, 5.41) is 0. The molecule has 2 heteroatoms. The Morgan fingerprint density at radius 1 is 1.33 bits per heavy atom. The van der Waals surface area contributed by atoms with Crippen molar-refractivity contribution in [1.82, 2.24) is 0 Å². The number of rotatable bonds is 0. The summed E-state index contributed by atoms with van der Waals surface area (Å²) in [6.45, 7) is 2.00. The molecule has 39 valence electrons. The smallest absolute Gasteiger partial charge is 0.319 e. The molecule has 0 aliphatic carbocycles. The number of hydrogen-bond acceptors (Lipinski definition) is 0. The molecule has 1 aromatic carbocycles. The first-order valence-electron chi connectivity index (χ1n) is 2.24. The predicted octanol–water partition coefficient (Wildman–Crippen LogP) is -1.40. The van der Waals surface area contributed by atoms with Crippen molar-refractivity contribution in [2.24, 2.45) is 0 Å². The van der Waals surface area contributed by atoms with Crippen LogP contribution in [0.2, 0.25) is 0 Å². The summed E-state index contributed by atoms with van der Waals surface area (Å²) in [5.41, 5.74) is 1.14. The van der Waals surface area contributed by atoms with Gasteiger partial charge in [-0.2, -0.15) is 0 Å². The SMILES string of the molecule is Cc1[c-]cc[c-]c1.[K+].[Y]. The molecule has 1 radical (unpaired) electrons. The van der Waals surface area contributed by atoms with E-state index < -0.39 is 0 Å². The van der Waals surface area contributed by atoms with Gasteiger partial charge in [-0.1, -0.05) is 0 Å². The van der Waals surface area contributed by atoms with E-state index in [1.807, 2.05) is 25.1 Å².